The fourth-order valence-electron chi connectivity index (χ4n) is 1.41. The highest BCUT2D eigenvalue weighted by molar-refractivity contribution is 6.31. The van der Waals surface area contributed by atoms with E-state index in [1.807, 2.05) is 13.8 Å². The lowest BCUT2D eigenvalue weighted by atomic mass is 10.1. The van der Waals surface area contributed by atoms with E-state index in [-0.39, 0.29) is 0 Å². The zero-order valence-electron chi connectivity index (χ0n) is 9.79. The van der Waals surface area contributed by atoms with Gasteiger partial charge in [-0.2, -0.15) is 0 Å². The van der Waals surface area contributed by atoms with Crippen molar-refractivity contribution in [2.45, 2.75) is 26.9 Å². The Kier molecular flexibility index (Phi) is 4.90. The van der Waals surface area contributed by atoms with E-state index in [1.54, 1.807) is 19.1 Å². The van der Waals surface area contributed by atoms with Crippen molar-refractivity contribution in [3.63, 3.8) is 0 Å². The first-order valence-electron chi connectivity index (χ1n) is 5.37. The van der Waals surface area contributed by atoms with Gasteiger partial charge in [0, 0.05) is 11.6 Å². The first-order chi connectivity index (χ1) is 7.60. The average Bonchev–Trinajstić information content (AvgIpc) is 2.22. The fraction of sp³-hybridized carbons (Fsp3) is 0.500. The van der Waals surface area contributed by atoms with Crippen molar-refractivity contribution in [2.75, 3.05) is 13.2 Å². The highest BCUT2D eigenvalue weighted by atomic mass is 35.5. The van der Waals surface area contributed by atoms with Crippen LogP contribution in [0.2, 0.25) is 5.02 Å². The second-order valence-corrected chi connectivity index (χ2v) is 3.77. The van der Waals surface area contributed by atoms with Gasteiger partial charge in [-0.15, -0.1) is 0 Å². The molecule has 0 aliphatic heterocycles. The summed E-state index contributed by atoms with van der Waals surface area (Å²) < 4.78 is 10.9. The molecule has 0 radical (unpaired) electrons. The molecule has 0 aliphatic rings. The van der Waals surface area contributed by atoms with E-state index in [1.165, 1.54) is 0 Å². The van der Waals surface area contributed by atoms with Crippen LogP contribution in [-0.2, 0) is 0 Å². The normalized spacial score (nSPS) is 12.3. The van der Waals surface area contributed by atoms with Crippen LogP contribution in [0.3, 0.4) is 0 Å². The largest absolute Gasteiger partial charge is 0.490 e. The van der Waals surface area contributed by atoms with E-state index < -0.39 is 6.10 Å². The molecular weight excluding hydrogens is 228 g/mol. The van der Waals surface area contributed by atoms with Crippen LogP contribution in [0.25, 0.3) is 0 Å². The maximum absolute atomic E-state index is 9.54. The Morgan fingerprint density at radius 2 is 1.69 bits per heavy atom. The van der Waals surface area contributed by atoms with Gasteiger partial charge in [-0.25, -0.2) is 0 Å². The zero-order valence-corrected chi connectivity index (χ0v) is 10.5. The molecule has 4 heteroatoms. The van der Waals surface area contributed by atoms with E-state index in [4.69, 9.17) is 21.1 Å². The van der Waals surface area contributed by atoms with Crippen LogP contribution in [-0.4, -0.2) is 18.3 Å². The van der Waals surface area contributed by atoms with Gasteiger partial charge in [0.05, 0.1) is 24.3 Å². The Hall–Kier alpha value is -0.930. The maximum Gasteiger partial charge on any atom is 0.162 e. The van der Waals surface area contributed by atoms with Crippen LogP contribution < -0.4 is 9.47 Å². The van der Waals surface area contributed by atoms with Gasteiger partial charge in [-0.3, -0.25) is 0 Å². The van der Waals surface area contributed by atoms with E-state index in [9.17, 15) is 5.11 Å². The Bertz CT molecular complexity index is 350. The van der Waals surface area contributed by atoms with Gasteiger partial charge in [0.1, 0.15) is 0 Å². The number of hydrogen-bond donors (Lipinski definition) is 1. The molecule has 0 spiro atoms. The Morgan fingerprint density at radius 1 is 1.19 bits per heavy atom. The first kappa shape index (κ1) is 13.1. The molecule has 0 heterocycles. The van der Waals surface area contributed by atoms with Gasteiger partial charge in [0.15, 0.2) is 11.5 Å². The van der Waals surface area contributed by atoms with Crippen LogP contribution in [0.1, 0.15) is 32.4 Å². The van der Waals surface area contributed by atoms with Crippen molar-refractivity contribution in [1.29, 1.82) is 0 Å². The van der Waals surface area contributed by atoms with Crippen molar-refractivity contribution >= 4 is 11.6 Å². The molecule has 0 bridgehead atoms. The molecular formula is C12H17ClO3. The predicted octanol–water partition coefficient (Wildman–Crippen LogP) is 3.19. The molecule has 90 valence electrons. The minimum absolute atomic E-state index is 0.488. The summed E-state index contributed by atoms with van der Waals surface area (Å²) in [6.07, 6.45) is -0.623. The molecule has 0 aliphatic carbocycles. The fourth-order valence-corrected chi connectivity index (χ4v) is 1.72. The Balaban J connectivity index is 3.14. The van der Waals surface area contributed by atoms with E-state index in [0.717, 1.165) is 0 Å². The molecule has 0 saturated carbocycles. The molecule has 16 heavy (non-hydrogen) atoms. The van der Waals surface area contributed by atoms with Crippen molar-refractivity contribution in [3.8, 4) is 11.5 Å². The highest BCUT2D eigenvalue weighted by Crippen LogP contribution is 2.36. The Morgan fingerprint density at radius 3 is 2.12 bits per heavy atom. The number of aliphatic hydroxyl groups excluding tert-OH is 1. The molecule has 0 saturated heterocycles. The smallest absolute Gasteiger partial charge is 0.162 e. The predicted molar refractivity (Wildman–Crippen MR) is 64.4 cm³/mol. The summed E-state index contributed by atoms with van der Waals surface area (Å²) in [5, 5.41) is 10.0. The summed E-state index contributed by atoms with van der Waals surface area (Å²) in [7, 11) is 0. The van der Waals surface area contributed by atoms with Crippen molar-refractivity contribution in [1.82, 2.24) is 0 Å². The number of rotatable bonds is 5. The van der Waals surface area contributed by atoms with Gasteiger partial charge in [-0.1, -0.05) is 11.6 Å². The topological polar surface area (TPSA) is 38.7 Å². The number of halogens is 1. The average molecular weight is 245 g/mol. The van der Waals surface area contributed by atoms with Crippen LogP contribution in [0, 0.1) is 0 Å². The standard InChI is InChI=1S/C12H17ClO3/c1-4-15-11-6-9(8(3)14)10(13)7-12(11)16-5-2/h6-8,14H,4-5H2,1-3H3/t8-/m0/s1. The number of ether oxygens (including phenoxy) is 2. The van der Waals surface area contributed by atoms with Gasteiger partial charge in [0.25, 0.3) is 0 Å². The summed E-state index contributed by atoms with van der Waals surface area (Å²) in [5.74, 6) is 1.23. The SMILES string of the molecule is CCOc1cc(Cl)c([C@H](C)O)cc1OCC. The molecule has 0 fully saturated rings. The zero-order chi connectivity index (χ0) is 12.1. The second-order valence-electron chi connectivity index (χ2n) is 3.36. The lowest BCUT2D eigenvalue weighted by Gasteiger charge is -2.15. The number of aliphatic hydroxyl groups is 1. The summed E-state index contributed by atoms with van der Waals surface area (Å²) in [6.45, 7) is 6.54. The van der Waals surface area contributed by atoms with Gasteiger partial charge in [-0.05, 0) is 26.8 Å². The van der Waals surface area contributed by atoms with Gasteiger partial charge in [0.2, 0.25) is 0 Å². The molecule has 3 nitrogen and oxygen atoms in total. The van der Waals surface area contributed by atoms with Crippen molar-refractivity contribution < 1.29 is 14.6 Å². The summed E-state index contributed by atoms with van der Waals surface area (Å²) in [5.41, 5.74) is 0.647. The third-order valence-electron chi connectivity index (χ3n) is 2.11. The lowest BCUT2D eigenvalue weighted by Crippen LogP contribution is -2.01. The van der Waals surface area contributed by atoms with E-state index in [2.05, 4.69) is 0 Å². The summed E-state index contributed by atoms with van der Waals surface area (Å²) in [4.78, 5) is 0. The summed E-state index contributed by atoms with van der Waals surface area (Å²) in [6, 6.07) is 3.40. The molecule has 0 aromatic heterocycles. The monoisotopic (exact) mass is 244 g/mol. The minimum atomic E-state index is -0.623. The van der Waals surface area contributed by atoms with Crippen molar-refractivity contribution in [3.05, 3.63) is 22.7 Å². The molecule has 1 aromatic carbocycles. The van der Waals surface area contributed by atoms with Crippen LogP contribution >= 0.6 is 11.6 Å². The Labute approximate surface area is 101 Å². The van der Waals surface area contributed by atoms with Crippen molar-refractivity contribution in [2.24, 2.45) is 0 Å². The van der Waals surface area contributed by atoms with Crippen LogP contribution in [0.15, 0.2) is 12.1 Å². The third-order valence-corrected chi connectivity index (χ3v) is 2.44. The quantitative estimate of drug-likeness (QED) is 0.865. The lowest BCUT2D eigenvalue weighted by molar-refractivity contribution is 0.198. The molecule has 1 atom stereocenters. The minimum Gasteiger partial charge on any atom is -0.490 e. The van der Waals surface area contributed by atoms with E-state index >= 15 is 0 Å². The second kappa shape index (κ2) is 5.97. The van der Waals surface area contributed by atoms with E-state index in [0.29, 0.717) is 35.3 Å². The highest BCUT2D eigenvalue weighted by Gasteiger charge is 2.13. The molecule has 0 unspecified atom stereocenters. The molecule has 1 rings (SSSR count). The molecule has 1 N–H and O–H groups in total. The van der Waals surface area contributed by atoms with Gasteiger partial charge >= 0.3 is 0 Å². The first-order valence-corrected chi connectivity index (χ1v) is 5.75. The summed E-state index contributed by atoms with van der Waals surface area (Å²) >= 11 is 6.04. The maximum atomic E-state index is 9.54. The van der Waals surface area contributed by atoms with Gasteiger partial charge < -0.3 is 14.6 Å². The van der Waals surface area contributed by atoms with Crippen LogP contribution in [0.5, 0.6) is 11.5 Å². The number of benzene rings is 1. The third kappa shape index (κ3) is 3.03. The molecule has 0 amide bonds. The number of hydrogen-bond acceptors (Lipinski definition) is 3. The molecule has 1 aromatic rings. The van der Waals surface area contributed by atoms with Crippen LogP contribution in [0.4, 0.5) is 0 Å².